The van der Waals surface area contributed by atoms with E-state index in [0.717, 1.165) is 5.56 Å². The first kappa shape index (κ1) is 20.7. The van der Waals surface area contributed by atoms with E-state index in [-0.39, 0.29) is 5.91 Å². The number of hydrogen-bond acceptors (Lipinski definition) is 5. The summed E-state index contributed by atoms with van der Waals surface area (Å²) in [5.41, 5.74) is 1.91. The number of esters is 1. The van der Waals surface area contributed by atoms with E-state index in [1.54, 1.807) is 55.7 Å². The van der Waals surface area contributed by atoms with Crippen LogP contribution in [0, 0.1) is 0 Å². The summed E-state index contributed by atoms with van der Waals surface area (Å²) < 4.78 is 10.2. The number of carbonyl (C=O) groups excluding carboxylic acids is 3. The zero-order valence-electron chi connectivity index (χ0n) is 15.9. The average molecular weight is 382 g/mol. The summed E-state index contributed by atoms with van der Waals surface area (Å²) in [5.74, 6) is -0.603. The van der Waals surface area contributed by atoms with Gasteiger partial charge in [0.1, 0.15) is 5.75 Å². The summed E-state index contributed by atoms with van der Waals surface area (Å²) in [6.45, 7) is 2.90. The van der Waals surface area contributed by atoms with Crippen LogP contribution in [-0.2, 0) is 19.1 Å². The predicted molar refractivity (Wildman–Crippen MR) is 107 cm³/mol. The van der Waals surface area contributed by atoms with Gasteiger partial charge in [0.05, 0.1) is 7.11 Å². The topological polar surface area (TPSA) is 93.7 Å². The lowest BCUT2D eigenvalue weighted by Gasteiger charge is -2.12. The minimum absolute atomic E-state index is 0.181. The van der Waals surface area contributed by atoms with Gasteiger partial charge < -0.3 is 20.1 Å². The standard InChI is InChI=1S/C21H22N2O5/c1-14(21(26)23-18-10-8-17(9-11-18)22-15(2)24)28-20(25)12-7-16-5-4-6-19(13-16)27-3/h4-14H,1-3H3,(H,22,24)(H,23,26)/b12-7+/t14-/m1/s1. The maximum Gasteiger partial charge on any atom is 0.331 e. The maximum atomic E-state index is 12.2. The molecular weight excluding hydrogens is 360 g/mol. The van der Waals surface area contributed by atoms with E-state index in [4.69, 9.17) is 9.47 Å². The first-order valence-electron chi connectivity index (χ1n) is 8.58. The van der Waals surface area contributed by atoms with Crippen LogP contribution in [-0.4, -0.2) is 31.0 Å². The first-order chi connectivity index (χ1) is 13.4. The highest BCUT2D eigenvalue weighted by Crippen LogP contribution is 2.15. The molecule has 2 aromatic rings. The number of benzene rings is 2. The summed E-state index contributed by atoms with van der Waals surface area (Å²) in [4.78, 5) is 35.1. The van der Waals surface area contributed by atoms with Crippen LogP contribution in [0.15, 0.2) is 54.6 Å². The number of rotatable bonds is 7. The zero-order valence-corrected chi connectivity index (χ0v) is 15.9. The van der Waals surface area contributed by atoms with Gasteiger partial charge in [-0.2, -0.15) is 0 Å². The molecule has 0 saturated carbocycles. The Morgan fingerprint density at radius 1 is 1.00 bits per heavy atom. The molecule has 0 fully saturated rings. The van der Waals surface area contributed by atoms with Crippen molar-refractivity contribution in [2.45, 2.75) is 20.0 Å². The first-order valence-corrected chi connectivity index (χ1v) is 8.58. The molecule has 0 aliphatic carbocycles. The third-order valence-electron chi connectivity index (χ3n) is 3.64. The van der Waals surface area contributed by atoms with E-state index in [2.05, 4.69) is 10.6 Å². The van der Waals surface area contributed by atoms with Crippen LogP contribution in [0.5, 0.6) is 5.75 Å². The summed E-state index contributed by atoms with van der Waals surface area (Å²) in [6, 6.07) is 13.8. The van der Waals surface area contributed by atoms with Gasteiger partial charge in [-0.1, -0.05) is 12.1 Å². The van der Waals surface area contributed by atoms with Crippen LogP contribution < -0.4 is 15.4 Å². The number of hydrogen-bond donors (Lipinski definition) is 2. The van der Waals surface area contributed by atoms with Crippen molar-refractivity contribution in [3.05, 3.63) is 60.2 Å². The molecule has 2 aromatic carbocycles. The molecule has 0 radical (unpaired) electrons. The number of amides is 2. The third-order valence-corrected chi connectivity index (χ3v) is 3.64. The Hall–Kier alpha value is -3.61. The molecule has 0 aliphatic rings. The number of nitrogens with one attached hydrogen (secondary N) is 2. The van der Waals surface area contributed by atoms with Crippen molar-refractivity contribution < 1.29 is 23.9 Å². The van der Waals surface area contributed by atoms with E-state index in [1.807, 2.05) is 6.07 Å². The van der Waals surface area contributed by atoms with Gasteiger partial charge in [-0.05, 0) is 55.0 Å². The van der Waals surface area contributed by atoms with Crippen molar-refractivity contribution in [1.82, 2.24) is 0 Å². The van der Waals surface area contributed by atoms with Crippen molar-refractivity contribution in [1.29, 1.82) is 0 Å². The molecule has 0 unspecified atom stereocenters. The smallest absolute Gasteiger partial charge is 0.331 e. The quantitative estimate of drug-likeness (QED) is 0.566. The Morgan fingerprint density at radius 3 is 2.25 bits per heavy atom. The Labute approximate surface area is 163 Å². The van der Waals surface area contributed by atoms with Gasteiger partial charge in [-0.3, -0.25) is 9.59 Å². The molecule has 7 heteroatoms. The molecule has 2 amide bonds. The van der Waals surface area contributed by atoms with Crippen molar-refractivity contribution in [3.63, 3.8) is 0 Å². The molecule has 28 heavy (non-hydrogen) atoms. The maximum absolute atomic E-state index is 12.2. The highest BCUT2D eigenvalue weighted by molar-refractivity contribution is 5.97. The second kappa shape index (κ2) is 9.91. The molecule has 7 nitrogen and oxygen atoms in total. The largest absolute Gasteiger partial charge is 0.497 e. The Kier molecular flexibility index (Phi) is 7.33. The lowest BCUT2D eigenvalue weighted by Crippen LogP contribution is -2.29. The van der Waals surface area contributed by atoms with Crippen LogP contribution in [0.1, 0.15) is 19.4 Å². The fourth-order valence-electron chi connectivity index (χ4n) is 2.26. The van der Waals surface area contributed by atoms with Crippen LogP contribution >= 0.6 is 0 Å². The highest BCUT2D eigenvalue weighted by atomic mass is 16.5. The Balaban J connectivity index is 1.87. The fraction of sp³-hybridized carbons (Fsp3) is 0.190. The van der Waals surface area contributed by atoms with Gasteiger partial charge >= 0.3 is 5.97 Å². The molecule has 2 N–H and O–H groups in total. The average Bonchev–Trinajstić information content (AvgIpc) is 2.67. The van der Waals surface area contributed by atoms with Gasteiger partial charge in [0.15, 0.2) is 6.10 Å². The Bertz CT molecular complexity index is 875. The lowest BCUT2D eigenvalue weighted by molar-refractivity contribution is -0.148. The Morgan fingerprint density at radius 2 is 1.64 bits per heavy atom. The number of methoxy groups -OCH3 is 1. The molecule has 0 saturated heterocycles. The molecule has 0 aromatic heterocycles. The monoisotopic (exact) mass is 382 g/mol. The summed E-state index contributed by atoms with van der Waals surface area (Å²) >= 11 is 0. The number of ether oxygens (including phenoxy) is 2. The lowest BCUT2D eigenvalue weighted by atomic mass is 10.2. The van der Waals surface area contributed by atoms with E-state index in [0.29, 0.717) is 17.1 Å². The number of anilines is 2. The fourth-order valence-corrected chi connectivity index (χ4v) is 2.26. The molecule has 1 atom stereocenters. The molecule has 146 valence electrons. The molecule has 0 bridgehead atoms. The van der Waals surface area contributed by atoms with Crippen molar-refractivity contribution >= 4 is 35.2 Å². The minimum atomic E-state index is -0.975. The van der Waals surface area contributed by atoms with Crippen LogP contribution in [0.25, 0.3) is 6.08 Å². The summed E-state index contributed by atoms with van der Waals surface area (Å²) in [6.07, 6.45) is 1.86. The molecule has 0 spiro atoms. The van der Waals surface area contributed by atoms with Crippen LogP contribution in [0.2, 0.25) is 0 Å². The van der Waals surface area contributed by atoms with Gasteiger partial charge in [0.2, 0.25) is 5.91 Å². The van der Waals surface area contributed by atoms with Crippen LogP contribution in [0.4, 0.5) is 11.4 Å². The van der Waals surface area contributed by atoms with Crippen molar-refractivity contribution in [2.24, 2.45) is 0 Å². The van der Waals surface area contributed by atoms with Crippen molar-refractivity contribution in [3.8, 4) is 5.75 Å². The zero-order chi connectivity index (χ0) is 20.5. The highest BCUT2D eigenvalue weighted by Gasteiger charge is 2.16. The van der Waals surface area contributed by atoms with E-state index >= 15 is 0 Å². The molecule has 2 rings (SSSR count). The second-order valence-corrected chi connectivity index (χ2v) is 5.94. The van der Waals surface area contributed by atoms with Gasteiger partial charge in [-0.25, -0.2) is 4.79 Å². The number of carbonyl (C=O) groups is 3. The predicted octanol–water partition coefficient (Wildman–Crippen LogP) is 3.24. The van der Waals surface area contributed by atoms with Crippen molar-refractivity contribution in [2.75, 3.05) is 17.7 Å². The van der Waals surface area contributed by atoms with E-state index in [1.165, 1.54) is 19.9 Å². The van der Waals surface area contributed by atoms with Gasteiger partial charge in [0, 0.05) is 24.4 Å². The normalized spacial score (nSPS) is 11.5. The molecule has 0 aliphatic heterocycles. The SMILES string of the molecule is COc1cccc(/C=C/C(=O)O[C@H](C)C(=O)Nc2ccc(NC(C)=O)cc2)c1. The second-order valence-electron chi connectivity index (χ2n) is 5.94. The van der Waals surface area contributed by atoms with Gasteiger partial charge in [0.25, 0.3) is 5.91 Å². The minimum Gasteiger partial charge on any atom is -0.497 e. The summed E-state index contributed by atoms with van der Waals surface area (Å²) in [7, 11) is 1.56. The van der Waals surface area contributed by atoms with Crippen LogP contribution in [0.3, 0.4) is 0 Å². The third kappa shape index (κ3) is 6.60. The van der Waals surface area contributed by atoms with Gasteiger partial charge in [-0.15, -0.1) is 0 Å². The van der Waals surface area contributed by atoms with E-state index in [9.17, 15) is 14.4 Å². The van der Waals surface area contributed by atoms with E-state index < -0.39 is 18.0 Å². The molecule has 0 heterocycles. The summed E-state index contributed by atoms with van der Waals surface area (Å²) in [5, 5.41) is 5.28. The molecular formula is C21H22N2O5.